The second-order valence-electron chi connectivity index (χ2n) is 5.86. The summed E-state index contributed by atoms with van der Waals surface area (Å²) in [6, 6.07) is 12.4. The number of Topliss-reactive ketones (excluding diaryl/α,β-unsaturated/α-hetero) is 1. The van der Waals surface area contributed by atoms with Crippen LogP contribution in [0.15, 0.2) is 48.5 Å². The van der Waals surface area contributed by atoms with Crippen LogP contribution in [0.3, 0.4) is 0 Å². The van der Waals surface area contributed by atoms with Crippen molar-refractivity contribution in [1.82, 2.24) is 0 Å². The molecule has 2 rings (SSSR count). The third-order valence-corrected chi connectivity index (χ3v) is 3.62. The summed E-state index contributed by atoms with van der Waals surface area (Å²) < 4.78 is 17.7. The highest BCUT2D eigenvalue weighted by molar-refractivity contribution is 5.98. The molecule has 5 nitrogen and oxygen atoms in total. The van der Waals surface area contributed by atoms with Crippen LogP contribution in [0.1, 0.15) is 35.2 Å². The molecule has 2 aromatic carbocycles. The molecular formula is C20H20FNO4. The number of esters is 1. The van der Waals surface area contributed by atoms with E-state index < -0.39 is 24.2 Å². The SMILES string of the molecule is Cc1cccc(NC(=O)CCCC(=O)OCC(=O)c2ccc(F)cc2)c1. The molecule has 1 N–H and O–H groups in total. The second kappa shape index (κ2) is 9.46. The van der Waals surface area contributed by atoms with Crippen molar-refractivity contribution in [2.24, 2.45) is 0 Å². The summed E-state index contributed by atoms with van der Waals surface area (Å²) in [5, 5.41) is 2.76. The zero-order chi connectivity index (χ0) is 18.9. The minimum atomic E-state index is -0.552. The number of anilines is 1. The van der Waals surface area contributed by atoms with Gasteiger partial charge in [0, 0.05) is 24.1 Å². The minimum absolute atomic E-state index is 0.0396. The highest BCUT2D eigenvalue weighted by Crippen LogP contribution is 2.11. The van der Waals surface area contributed by atoms with Crippen molar-refractivity contribution < 1.29 is 23.5 Å². The third kappa shape index (κ3) is 6.47. The Morgan fingerprint density at radius 1 is 1.04 bits per heavy atom. The van der Waals surface area contributed by atoms with Crippen LogP contribution >= 0.6 is 0 Å². The first kappa shape index (κ1) is 19.3. The maximum absolute atomic E-state index is 12.8. The lowest BCUT2D eigenvalue weighted by atomic mass is 10.1. The number of rotatable bonds is 8. The molecule has 0 saturated heterocycles. The molecule has 1 amide bonds. The quantitative estimate of drug-likeness (QED) is 0.578. The van der Waals surface area contributed by atoms with E-state index in [1.54, 1.807) is 6.07 Å². The number of aryl methyl sites for hydroxylation is 1. The summed E-state index contributed by atoms with van der Waals surface area (Å²) in [4.78, 5) is 35.3. The summed E-state index contributed by atoms with van der Waals surface area (Å²) in [5.41, 5.74) is 2.02. The molecule has 26 heavy (non-hydrogen) atoms. The average Bonchev–Trinajstić information content (AvgIpc) is 2.60. The van der Waals surface area contributed by atoms with Gasteiger partial charge in [-0.15, -0.1) is 0 Å². The standard InChI is InChI=1S/C20H20FNO4/c1-14-4-2-5-17(12-14)22-19(24)6-3-7-20(25)26-13-18(23)15-8-10-16(21)11-9-15/h2,4-5,8-12H,3,6-7,13H2,1H3,(H,22,24). The fourth-order valence-corrected chi connectivity index (χ4v) is 2.28. The van der Waals surface area contributed by atoms with Crippen LogP contribution in [0.25, 0.3) is 0 Å². The Balaban J connectivity index is 1.66. The smallest absolute Gasteiger partial charge is 0.306 e. The van der Waals surface area contributed by atoms with Gasteiger partial charge in [0.05, 0.1) is 0 Å². The number of carbonyl (C=O) groups is 3. The van der Waals surface area contributed by atoms with Crippen LogP contribution in [0.2, 0.25) is 0 Å². The van der Waals surface area contributed by atoms with E-state index in [0.717, 1.165) is 5.56 Å². The molecule has 2 aromatic rings. The van der Waals surface area contributed by atoms with Crippen LogP contribution in [0.4, 0.5) is 10.1 Å². The Morgan fingerprint density at radius 2 is 1.77 bits per heavy atom. The Morgan fingerprint density at radius 3 is 2.46 bits per heavy atom. The van der Waals surface area contributed by atoms with E-state index in [1.165, 1.54) is 24.3 Å². The van der Waals surface area contributed by atoms with E-state index in [9.17, 15) is 18.8 Å². The number of hydrogen-bond acceptors (Lipinski definition) is 4. The molecule has 0 saturated carbocycles. The van der Waals surface area contributed by atoms with Gasteiger partial charge in [-0.25, -0.2) is 4.39 Å². The van der Waals surface area contributed by atoms with Crippen LogP contribution < -0.4 is 5.32 Å². The van der Waals surface area contributed by atoms with Crippen molar-refractivity contribution in [1.29, 1.82) is 0 Å². The van der Waals surface area contributed by atoms with Gasteiger partial charge in [-0.1, -0.05) is 12.1 Å². The van der Waals surface area contributed by atoms with Crippen molar-refractivity contribution in [2.75, 3.05) is 11.9 Å². The van der Waals surface area contributed by atoms with Gasteiger partial charge in [0.1, 0.15) is 5.82 Å². The largest absolute Gasteiger partial charge is 0.457 e. The monoisotopic (exact) mass is 357 g/mol. The maximum atomic E-state index is 12.8. The highest BCUT2D eigenvalue weighted by atomic mass is 19.1. The fraction of sp³-hybridized carbons (Fsp3) is 0.250. The summed E-state index contributed by atoms with van der Waals surface area (Å²) in [6.45, 7) is 1.53. The molecule has 0 heterocycles. The van der Waals surface area contributed by atoms with E-state index in [-0.39, 0.29) is 24.3 Å². The first-order valence-electron chi connectivity index (χ1n) is 8.25. The number of ketones is 1. The topological polar surface area (TPSA) is 72.5 Å². The number of carbonyl (C=O) groups excluding carboxylic acids is 3. The Bertz CT molecular complexity index is 787. The summed E-state index contributed by atoms with van der Waals surface area (Å²) in [6.07, 6.45) is 0.536. The van der Waals surface area contributed by atoms with Gasteiger partial charge in [0.15, 0.2) is 12.4 Å². The first-order valence-corrected chi connectivity index (χ1v) is 8.25. The molecule has 0 aliphatic rings. The molecule has 0 radical (unpaired) electrons. The van der Waals surface area contributed by atoms with Gasteiger partial charge < -0.3 is 10.1 Å². The second-order valence-corrected chi connectivity index (χ2v) is 5.86. The molecule has 6 heteroatoms. The van der Waals surface area contributed by atoms with Gasteiger partial charge in [-0.05, 0) is 55.3 Å². The van der Waals surface area contributed by atoms with E-state index in [4.69, 9.17) is 4.74 Å². The van der Waals surface area contributed by atoms with E-state index in [0.29, 0.717) is 12.1 Å². The summed E-state index contributed by atoms with van der Waals surface area (Å²) >= 11 is 0. The van der Waals surface area contributed by atoms with Crippen molar-refractivity contribution in [3.8, 4) is 0 Å². The predicted octanol–water partition coefficient (Wildman–Crippen LogP) is 3.67. The molecule has 0 bridgehead atoms. The number of nitrogens with one attached hydrogen (secondary N) is 1. The predicted molar refractivity (Wildman–Crippen MR) is 95.3 cm³/mol. The fourth-order valence-electron chi connectivity index (χ4n) is 2.28. The molecule has 0 atom stereocenters. The molecule has 0 aromatic heterocycles. The van der Waals surface area contributed by atoms with E-state index >= 15 is 0 Å². The number of ether oxygens (including phenoxy) is 1. The molecular weight excluding hydrogens is 337 g/mol. The zero-order valence-electron chi connectivity index (χ0n) is 14.5. The lowest BCUT2D eigenvalue weighted by Gasteiger charge is -2.06. The van der Waals surface area contributed by atoms with Gasteiger partial charge in [-0.3, -0.25) is 14.4 Å². The summed E-state index contributed by atoms with van der Waals surface area (Å²) in [5.74, 6) is -1.59. The molecule has 0 unspecified atom stereocenters. The Kier molecular flexibility index (Phi) is 7.02. The molecule has 0 spiro atoms. The first-order chi connectivity index (χ1) is 12.4. The van der Waals surface area contributed by atoms with Crippen LogP contribution in [0, 0.1) is 12.7 Å². The van der Waals surface area contributed by atoms with Crippen LogP contribution in [-0.2, 0) is 14.3 Å². The van der Waals surface area contributed by atoms with Crippen molar-refractivity contribution in [3.63, 3.8) is 0 Å². The third-order valence-electron chi connectivity index (χ3n) is 3.62. The number of hydrogen-bond donors (Lipinski definition) is 1. The lowest BCUT2D eigenvalue weighted by Crippen LogP contribution is -2.15. The highest BCUT2D eigenvalue weighted by Gasteiger charge is 2.11. The maximum Gasteiger partial charge on any atom is 0.306 e. The Labute approximate surface area is 151 Å². The molecule has 0 aliphatic carbocycles. The van der Waals surface area contributed by atoms with Gasteiger partial charge in [-0.2, -0.15) is 0 Å². The molecule has 136 valence electrons. The normalized spacial score (nSPS) is 10.2. The van der Waals surface area contributed by atoms with E-state index in [2.05, 4.69) is 5.32 Å². The molecule has 0 aliphatic heterocycles. The number of amides is 1. The zero-order valence-corrected chi connectivity index (χ0v) is 14.5. The number of halogens is 1. The van der Waals surface area contributed by atoms with Crippen molar-refractivity contribution in [3.05, 3.63) is 65.5 Å². The van der Waals surface area contributed by atoms with E-state index in [1.807, 2.05) is 25.1 Å². The van der Waals surface area contributed by atoms with Gasteiger partial charge >= 0.3 is 5.97 Å². The van der Waals surface area contributed by atoms with Crippen LogP contribution in [-0.4, -0.2) is 24.3 Å². The summed E-state index contributed by atoms with van der Waals surface area (Å²) in [7, 11) is 0. The lowest BCUT2D eigenvalue weighted by molar-refractivity contribution is -0.142. The van der Waals surface area contributed by atoms with Gasteiger partial charge in [0.2, 0.25) is 5.91 Å². The molecule has 0 fully saturated rings. The van der Waals surface area contributed by atoms with Gasteiger partial charge in [0.25, 0.3) is 0 Å². The van der Waals surface area contributed by atoms with Crippen LogP contribution in [0.5, 0.6) is 0 Å². The van der Waals surface area contributed by atoms with Crippen molar-refractivity contribution >= 4 is 23.3 Å². The Hall–Kier alpha value is -3.02. The van der Waals surface area contributed by atoms with Crippen molar-refractivity contribution in [2.45, 2.75) is 26.2 Å². The minimum Gasteiger partial charge on any atom is -0.457 e. The average molecular weight is 357 g/mol. The number of benzene rings is 2.